The summed E-state index contributed by atoms with van der Waals surface area (Å²) in [6.45, 7) is 1.64. The van der Waals surface area contributed by atoms with Gasteiger partial charge >= 0.3 is 0 Å². The minimum absolute atomic E-state index is 0.272. The molecule has 16 heavy (non-hydrogen) atoms. The summed E-state index contributed by atoms with van der Waals surface area (Å²) >= 11 is 1.67. The number of carbonyl (C=O) groups is 1. The molecule has 1 rings (SSSR count). The van der Waals surface area contributed by atoms with E-state index in [1.54, 1.807) is 24.8 Å². The van der Waals surface area contributed by atoms with E-state index in [0.717, 1.165) is 29.9 Å². The van der Waals surface area contributed by atoms with Gasteiger partial charge in [-0.2, -0.15) is 0 Å². The van der Waals surface area contributed by atoms with Crippen LogP contribution in [-0.4, -0.2) is 16.6 Å². The third kappa shape index (κ3) is 5.21. The molecular formula is C13H18O2S. The topological polar surface area (TPSA) is 37.3 Å². The van der Waals surface area contributed by atoms with Crippen molar-refractivity contribution in [2.45, 2.75) is 37.5 Å². The zero-order chi connectivity index (χ0) is 11.8. The Bertz CT molecular complexity index is 336. The Balaban J connectivity index is 2.12. The van der Waals surface area contributed by atoms with E-state index in [2.05, 4.69) is 0 Å². The molecule has 0 aliphatic rings. The fourth-order valence-electron chi connectivity index (χ4n) is 1.41. The lowest BCUT2D eigenvalue weighted by atomic mass is 10.2. The van der Waals surface area contributed by atoms with Gasteiger partial charge in [0.15, 0.2) is 0 Å². The van der Waals surface area contributed by atoms with Crippen LogP contribution in [0.15, 0.2) is 29.2 Å². The number of para-hydroxylation sites is 1. The van der Waals surface area contributed by atoms with Gasteiger partial charge in [-0.25, -0.2) is 0 Å². The number of carbonyl (C=O) groups excluding carboxylic acids is 1. The summed E-state index contributed by atoms with van der Waals surface area (Å²) in [7, 11) is 0. The fraction of sp³-hybridized carbons (Fsp3) is 0.462. The minimum atomic E-state index is 0.272. The molecule has 0 atom stereocenters. The van der Waals surface area contributed by atoms with Gasteiger partial charge in [-0.05, 0) is 37.7 Å². The van der Waals surface area contributed by atoms with Gasteiger partial charge in [0.1, 0.15) is 11.5 Å². The molecule has 2 nitrogen and oxygen atoms in total. The van der Waals surface area contributed by atoms with Gasteiger partial charge in [-0.15, -0.1) is 11.8 Å². The molecule has 0 saturated carbocycles. The van der Waals surface area contributed by atoms with Gasteiger partial charge in [0, 0.05) is 11.3 Å². The van der Waals surface area contributed by atoms with Crippen LogP contribution >= 0.6 is 11.8 Å². The molecular weight excluding hydrogens is 220 g/mol. The first-order valence-corrected chi connectivity index (χ1v) is 6.59. The zero-order valence-corrected chi connectivity index (χ0v) is 10.4. The average molecular weight is 238 g/mol. The van der Waals surface area contributed by atoms with Crippen molar-refractivity contribution < 1.29 is 9.90 Å². The number of thioether (sulfide) groups is 1. The normalized spacial score (nSPS) is 10.3. The average Bonchev–Trinajstić information content (AvgIpc) is 2.25. The van der Waals surface area contributed by atoms with Crippen LogP contribution in [0.5, 0.6) is 5.75 Å². The first-order chi connectivity index (χ1) is 7.70. The molecule has 88 valence electrons. The number of Topliss-reactive ketones (excluding diaryl/α,β-unsaturated/α-hetero) is 1. The Labute approximate surface area is 101 Å². The van der Waals surface area contributed by atoms with Crippen LogP contribution in [-0.2, 0) is 4.79 Å². The van der Waals surface area contributed by atoms with Crippen molar-refractivity contribution in [3.63, 3.8) is 0 Å². The number of unbranched alkanes of at least 4 members (excludes halogenated alkanes) is 2. The first-order valence-electron chi connectivity index (χ1n) is 5.60. The zero-order valence-electron chi connectivity index (χ0n) is 9.61. The molecule has 0 radical (unpaired) electrons. The van der Waals surface area contributed by atoms with Crippen LogP contribution in [0.1, 0.15) is 32.6 Å². The standard InChI is InChI=1S/C13H18O2S/c1-11(14)7-3-2-6-10-16-13-9-5-4-8-12(13)15/h4-5,8-9,15H,2-3,6-7,10H2,1H3. The van der Waals surface area contributed by atoms with E-state index < -0.39 is 0 Å². The molecule has 0 bridgehead atoms. The molecule has 1 N–H and O–H groups in total. The summed E-state index contributed by atoms with van der Waals surface area (Å²) in [6.07, 6.45) is 3.85. The second-order valence-corrected chi connectivity index (χ2v) is 4.97. The van der Waals surface area contributed by atoms with Gasteiger partial charge in [0.05, 0.1) is 0 Å². The summed E-state index contributed by atoms with van der Waals surface area (Å²) < 4.78 is 0. The molecule has 0 amide bonds. The van der Waals surface area contributed by atoms with E-state index >= 15 is 0 Å². The van der Waals surface area contributed by atoms with E-state index in [4.69, 9.17) is 0 Å². The molecule has 0 aliphatic carbocycles. The number of ketones is 1. The van der Waals surface area contributed by atoms with Crippen molar-refractivity contribution in [3.8, 4) is 5.75 Å². The highest BCUT2D eigenvalue weighted by Gasteiger charge is 2.00. The predicted molar refractivity (Wildman–Crippen MR) is 68.0 cm³/mol. The highest BCUT2D eigenvalue weighted by atomic mass is 32.2. The van der Waals surface area contributed by atoms with E-state index in [9.17, 15) is 9.90 Å². The van der Waals surface area contributed by atoms with Gasteiger partial charge < -0.3 is 9.90 Å². The lowest BCUT2D eigenvalue weighted by Crippen LogP contribution is -1.90. The van der Waals surface area contributed by atoms with Crippen LogP contribution in [0, 0.1) is 0 Å². The second-order valence-electron chi connectivity index (χ2n) is 3.83. The number of phenols is 1. The lowest BCUT2D eigenvalue weighted by Gasteiger charge is -2.03. The van der Waals surface area contributed by atoms with E-state index in [1.165, 1.54) is 0 Å². The number of benzene rings is 1. The summed E-state index contributed by atoms with van der Waals surface area (Å²) in [5, 5.41) is 9.52. The molecule has 0 unspecified atom stereocenters. The minimum Gasteiger partial charge on any atom is -0.507 e. The number of hydrogen-bond acceptors (Lipinski definition) is 3. The Kier molecular flexibility index (Phi) is 6.01. The SMILES string of the molecule is CC(=O)CCCCCSc1ccccc1O. The highest BCUT2D eigenvalue weighted by molar-refractivity contribution is 7.99. The van der Waals surface area contributed by atoms with Gasteiger partial charge in [0.2, 0.25) is 0 Å². The van der Waals surface area contributed by atoms with E-state index in [-0.39, 0.29) is 5.78 Å². The monoisotopic (exact) mass is 238 g/mol. The number of phenolic OH excluding ortho intramolecular Hbond substituents is 1. The van der Waals surface area contributed by atoms with Crippen LogP contribution < -0.4 is 0 Å². The number of rotatable bonds is 7. The molecule has 0 aliphatic heterocycles. The van der Waals surface area contributed by atoms with Crippen molar-refractivity contribution in [1.82, 2.24) is 0 Å². The molecule has 3 heteroatoms. The summed E-state index contributed by atoms with van der Waals surface area (Å²) in [5.74, 6) is 1.62. The third-order valence-corrected chi connectivity index (χ3v) is 3.45. The smallest absolute Gasteiger partial charge is 0.129 e. The Hall–Kier alpha value is -0.960. The summed E-state index contributed by atoms with van der Waals surface area (Å²) in [4.78, 5) is 11.6. The third-order valence-electron chi connectivity index (χ3n) is 2.30. The van der Waals surface area contributed by atoms with Crippen molar-refractivity contribution in [2.75, 3.05) is 5.75 Å². The molecule has 0 heterocycles. The first kappa shape index (κ1) is 13.1. The predicted octanol–water partition coefficient (Wildman–Crippen LogP) is 3.63. The van der Waals surface area contributed by atoms with Crippen molar-refractivity contribution >= 4 is 17.5 Å². The Morgan fingerprint density at radius 2 is 2.00 bits per heavy atom. The van der Waals surface area contributed by atoms with Crippen molar-refractivity contribution in [3.05, 3.63) is 24.3 Å². The number of hydrogen-bond donors (Lipinski definition) is 1. The van der Waals surface area contributed by atoms with Gasteiger partial charge in [-0.1, -0.05) is 18.6 Å². The lowest BCUT2D eigenvalue weighted by molar-refractivity contribution is -0.117. The molecule has 0 spiro atoms. The van der Waals surface area contributed by atoms with Crippen LogP contribution in [0.4, 0.5) is 0 Å². The fourth-order valence-corrected chi connectivity index (χ4v) is 2.37. The summed E-state index contributed by atoms with van der Waals surface area (Å²) in [5.41, 5.74) is 0. The van der Waals surface area contributed by atoms with Crippen molar-refractivity contribution in [2.24, 2.45) is 0 Å². The van der Waals surface area contributed by atoms with E-state index in [1.807, 2.05) is 18.2 Å². The van der Waals surface area contributed by atoms with Crippen LogP contribution in [0.2, 0.25) is 0 Å². The largest absolute Gasteiger partial charge is 0.507 e. The Morgan fingerprint density at radius 3 is 2.69 bits per heavy atom. The molecule has 0 saturated heterocycles. The van der Waals surface area contributed by atoms with Gasteiger partial charge in [-0.3, -0.25) is 0 Å². The maximum Gasteiger partial charge on any atom is 0.129 e. The van der Waals surface area contributed by atoms with Crippen LogP contribution in [0.3, 0.4) is 0 Å². The van der Waals surface area contributed by atoms with Crippen molar-refractivity contribution in [1.29, 1.82) is 0 Å². The number of aromatic hydroxyl groups is 1. The molecule has 0 fully saturated rings. The maximum atomic E-state index is 10.7. The molecule has 1 aromatic carbocycles. The summed E-state index contributed by atoms with van der Waals surface area (Å²) in [6, 6.07) is 7.39. The second kappa shape index (κ2) is 7.34. The quantitative estimate of drug-likeness (QED) is 0.582. The Morgan fingerprint density at radius 1 is 1.25 bits per heavy atom. The highest BCUT2D eigenvalue weighted by Crippen LogP contribution is 2.28. The van der Waals surface area contributed by atoms with Gasteiger partial charge in [0.25, 0.3) is 0 Å². The van der Waals surface area contributed by atoms with E-state index in [0.29, 0.717) is 12.2 Å². The molecule has 0 aromatic heterocycles. The van der Waals surface area contributed by atoms with Crippen LogP contribution in [0.25, 0.3) is 0 Å². The maximum absolute atomic E-state index is 10.7. The molecule has 1 aromatic rings.